The maximum absolute atomic E-state index is 12.7. The van der Waals surface area contributed by atoms with Crippen molar-refractivity contribution in [2.45, 2.75) is 44.0 Å². The normalized spacial score (nSPS) is 22.9. The number of benzene rings is 1. The highest BCUT2D eigenvalue weighted by Crippen LogP contribution is 2.33. The van der Waals surface area contributed by atoms with Gasteiger partial charge in [0.25, 0.3) is 5.91 Å². The maximum atomic E-state index is 12.7. The second kappa shape index (κ2) is 5.93. The van der Waals surface area contributed by atoms with Crippen LogP contribution in [0.5, 0.6) is 5.75 Å². The van der Waals surface area contributed by atoms with Crippen LogP contribution in [0.4, 0.5) is 13.2 Å². The first-order valence-corrected chi connectivity index (χ1v) is 6.70. The summed E-state index contributed by atoms with van der Waals surface area (Å²) in [4.78, 5) is 11.3. The number of halogens is 3. The van der Waals surface area contributed by atoms with Crippen LogP contribution in [-0.2, 0) is 6.18 Å². The lowest BCUT2D eigenvalue weighted by molar-refractivity contribution is -0.137. The molecule has 0 heterocycles. The molecule has 7 heteroatoms. The zero-order valence-electron chi connectivity index (χ0n) is 11.3. The van der Waals surface area contributed by atoms with E-state index in [1.54, 1.807) is 0 Å². The van der Waals surface area contributed by atoms with Crippen LogP contribution in [0.25, 0.3) is 0 Å². The van der Waals surface area contributed by atoms with Crippen LogP contribution in [0.2, 0.25) is 0 Å². The minimum atomic E-state index is -4.53. The van der Waals surface area contributed by atoms with Crippen LogP contribution in [0.15, 0.2) is 18.2 Å². The van der Waals surface area contributed by atoms with Gasteiger partial charge in [0.1, 0.15) is 5.75 Å². The number of nitrogens with two attached hydrogens (primary N) is 2. The number of carbonyl (C=O) groups is 1. The summed E-state index contributed by atoms with van der Waals surface area (Å²) in [6.07, 6.45) is -1.69. The molecule has 0 radical (unpaired) electrons. The van der Waals surface area contributed by atoms with Gasteiger partial charge < -0.3 is 16.2 Å². The molecule has 0 bridgehead atoms. The van der Waals surface area contributed by atoms with E-state index in [4.69, 9.17) is 16.2 Å². The smallest absolute Gasteiger partial charge is 0.416 e. The second-order valence-corrected chi connectivity index (χ2v) is 5.23. The zero-order chi connectivity index (χ0) is 15.6. The third kappa shape index (κ3) is 3.87. The van der Waals surface area contributed by atoms with E-state index in [1.807, 2.05) is 0 Å². The Kier molecular flexibility index (Phi) is 4.41. The van der Waals surface area contributed by atoms with E-state index < -0.39 is 17.6 Å². The molecule has 4 nitrogen and oxygen atoms in total. The summed E-state index contributed by atoms with van der Waals surface area (Å²) >= 11 is 0. The summed E-state index contributed by atoms with van der Waals surface area (Å²) in [6, 6.07) is 2.90. The molecule has 116 valence electrons. The highest BCUT2D eigenvalue weighted by molar-refractivity contribution is 5.95. The lowest BCUT2D eigenvalue weighted by Crippen LogP contribution is -2.32. The SMILES string of the molecule is NC(=O)c1cc(C(F)(F)F)ccc1OC1CCC(N)CC1. The van der Waals surface area contributed by atoms with Gasteiger partial charge in [-0.2, -0.15) is 13.2 Å². The van der Waals surface area contributed by atoms with Crippen LogP contribution in [0, 0.1) is 0 Å². The van der Waals surface area contributed by atoms with Crippen molar-refractivity contribution in [2.75, 3.05) is 0 Å². The van der Waals surface area contributed by atoms with E-state index in [9.17, 15) is 18.0 Å². The van der Waals surface area contributed by atoms with E-state index in [2.05, 4.69) is 0 Å². The number of carbonyl (C=O) groups excluding carboxylic acids is 1. The molecule has 0 unspecified atom stereocenters. The summed E-state index contributed by atoms with van der Waals surface area (Å²) in [5, 5.41) is 0. The summed E-state index contributed by atoms with van der Waals surface area (Å²) < 4.78 is 43.6. The topological polar surface area (TPSA) is 78.3 Å². The molecule has 0 atom stereocenters. The molecular formula is C14H17F3N2O2. The minimum absolute atomic E-state index is 0.0935. The Bertz CT molecular complexity index is 523. The van der Waals surface area contributed by atoms with E-state index in [1.165, 1.54) is 0 Å². The van der Waals surface area contributed by atoms with Gasteiger partial charge in [-0.3, -0.25) is 4.79 Å². The van der Waals surface area contributed by atoms with Crippen molar-refractivity contribution in [3.63, 3.8) is 0 Å². The lowest BCUT2D eigenvalue weighted by Gasteiger charge is -2.27. The van der Waals surface area contributed by atoms with E-state index in [0.29, 0.717) is 12.8 Å². The largest absolute Gasteiger partial charge is 0.490 e. The Morgan fingerprint density at radius 1 is 1.19 bits per heavy atom. The first-order valence-electron chi connectivity index (χ1n) is 6.70. The lowest BCUT2D eigenvalue weighted by atomic mass is 9.93. The quantitative estimate of drug-likeness (QED) is 0.900. The van der Waals surface area contributed by atoms with Gasteiger partial charge in [-0.1, -0.05) is 0 Å². The van der Waals surface area contributed by atoms with Crippen molar-refractivity contribution in [3.8, 4) is 5.75 Å². The Balaban J connectivity index is 2.21. The van der Waals surface area contributed by atoms with E-state index in [0.717, 1.165) is 31.0 Å². The molecule has 1 fully saturated rings. The van der Waals surface area contributed by atoms with Gasteiger partial charge in [0.2, 0.25) is 0 Å². The van der Waals surface area contributed by atoms with Gasteiger partial charge in [0.15, 0.2) is 0 Å². The number of hydrogen-bond acceptors (Lipinski definition) is 3. The third-order valence-corrected chi connectivity index (χ3v) is 3.58. The predicted molar refractivity (Wildman–Crippen MR) is 70.8 cm³/mol. The first kappa shape index (κ1) is 15.6. The molecule has 4 N–H and O–H groups in total. The van der Waals surface area contributed by atoms with Crippen molar-refractivity contribution >= 4 is 5.91 Å². The van der Waals surface area contributed by atoms with Gasteiger partial charge in [0.05, 0.1) is 17.2 Å². The van der Waals surface area contributed by atoms with Gasteiger partial charge in [0, 0.05) is 6.04 Å². The number of ether oxygens (including phenoxy) is 1. The summed E-state index contributed by atoms with van der Waals surface area (Å²) in [5.41, 5.74) is 9.76. The standard InChI is InChI=1S/C14H17F3N2O2/c15-14(16,17)8-1-6-12(11(7-8)13(19)20)21-10-4-2-9(18)3-5-10/h1,6-7,9-10H,2-5,18H2,(H2,19,20). The van der Waals surface area contributed by atoms with Crippen molar-refractivity contribution in [1.29, 1.82) is 0 Å². The third-order valence-electron chi connectivity index (χ3n) is 3.58. The molecule has 1 aromatic rings. The fourth-order valence-electron chi connectivity index (χ4n) is 2.39. The van der Waals surface area contributed by atoms with E-state index >= 15 is 0 Å². The molecule has 0 saturated heterocycles. The summed E-state index contributed by atoms with van der Waals surface area (Å²) in [5.74, 6) is -0.848. The highest BCUT2D eigenvalue weighted by atomic mass is 19.4. The molecule has 1 aliphatic rings. The van der Waals surface area contributed by atoms with Crippen molar-refractivity contribution in [1.82, 2.24) is 0 Å². The van der Waals surface area contributed by atoms with Crippen LogP contribution in [-0.4, -0.2) is 18.1 Å². The van der Waals surface area contributed by atoms with Crippen molar-refractivity contribution in [3.05, 3.63) is 29.3 Å². The maximum Gasteiger partial charge on any atom is 0.416 e. The predicted octanol–water partition coefficient (Wildman–Crippen LogP) is 2.45. The van der Waals surface area contributed by atoms with Gasteiger partial charge in [-0.15, -0.1) is 0 Å². The number of amides is 1. The van der Waals surface area contributed by atoms with Crippen molar-refractivity contribution < 1.29 is 22.7 Å². The average molecular weight is 302 g/mol. The molecule has 1 aliphatic carbocycles. The Hall–Kier alpha value is -1.76. The zero-order valence-corrected chi connectivity index (χ0v) is 11.3. The molecule has 1 amide bonds. The second-order valence-electron chi connectivity index (χ2n) is 5.23. The van der Waals surface area contributed by atoms with Gasteiger partial charge in [-0.05, 0) is 43.9 Å². The molecule has 0 aromatic heterocycles. The number of primary amides is 1. The Labute approximate surface area is 120 Å². The first-order chi connectivity index (χ1) is 9.77. The molecule has 2 rings (SSSR count). The molecule has 0 spiro atoms. The summed E-state index contributed by atoms with van der Waals surface area (Å²) in [6.45, 7) is 0. The molecule has 1 aromatic carbocycles. The molecule has 1 saturated carbocycles. The molecule has 21 heavy (non-hydrogen) atoms. The van der Waals surface area contributed by atoms with Crippen LogP contribution in [0.3, 0.4) is 0 Å². The monoisotopic (exact) mass is 302 g/mol. The van der Waals surface area contributed by atoms with Crippen LogP contribution < -0.4 is 16.2 Å². The number of alkyl halides is 3. The fraction of sp³-hybridized carbons (Fsp3) is 0.500. The minimum Gasteiger partial charge on any atom is -0.490 e. The average Bonchev–Trinajstić information content (AvgIpc) is 2.40. The van der Waals surface area contributed by atoms with Crippen LogP contribution >= 0.6 is 0 Å². The summed E-state index contributed by atoms with van der Waals surface area (Å²) in [7, 11) is 0. The Morgan fingerprint density at radius 2 is 1.81 bits per heavy atom. The Morgan fingerprint density at radius 3 is 2.33 bits per heavy atom. The number of hydrogen-bond donors (Lipinski definition) is 2. The molecular weight excluding hydrogens is 285 g/mol. The van der Waals surface area contributed by atoms with Gasteiger partial charge >= 0.3 is 6.18 Å². The number of rotatable bonds is 3. The highest BCUT2D eigenvalue weighted by Gasteiger charge is 2.32. The van der Waals surface area contributed by atoms with E-state index in [-0.39, 0.29) is 23.5 Å². The molecule has 0 aliphatic heterocycles. The van der Waals surface area contributed by atoms with Crippen molar-refractivity contribution in [2.24, 2.45) is 11.5 Å². The van der Waals surface area contributed by atoms with Crippen LogP contribution in [0.1, 0.15) is 41.6 Å². The van der Waals surface area contributed by atoms with Gasteiger partial charge in [-0.25, -0.2) is 0 Å². The fourth-order valence-corrected chi connectivity index (χ4v) is 2.39.